The summed E-state index contributed by atoms with van der Waals surface area (Å²) in [6.07, 6.45) is 3.28. The van der Waals surface area contributed by atoms with Crippen molar-refractivity contribution in [2.24, 2.45) is 0 Å². The van der Waals surface area contributed by atoms with E-state index >= 15 is 0 Å². The third kappa shape index (κ3) is 7.68. The minimum absolute atomic E-state index is 0.00710. The molecule has 1 heterocycles. The summed E-state index contributed by atoms with van der Waals surface area (Å²) in [5.74, 6) is -0.758. The highest BCUT2D eigenvalue weighted by Crippen LogP contribution is 2.09. The van der Waals surface area contributed by atoms with E-state index in [1.54, 1.807) is 25.7 Å². The number of rotatable bonds is 5. The molecule has 0 saturated carbocycles. The number of likely N-dealkylation sites (tertiary alicyclic amines) is 1. The van der Waals surface area contributed by atoms with Gasteiger partial charge in [0, 0.05) is 19.5 Å². The molecule has 1 N–H and O–H groups in total. The van der Waals surface area contributed by atoms with Crippen LogP contribution in [0, 0.1) is 0 Å². The molecule has 0 bridgehead atoms. The largest absolute Gasteiger partial charge is 0.460 e. The normalized spacial score (nSPS) is 15.5. The van der Waals surface area contributed by atoms with Crippen molar-refractivity contribution in [2.75, 3.05) is 19.6 Å². The molecule has 6 nitrogen and oxygen atoms in total. The standard InChI is InChI=1S/C15H26N2O4/c1-15(2,3)21-14(20)8-7-12(18)16-11-13(19)17-9-5-4-6-10-17/h4-11H2,1-3H3,(H,16,18). The Hall–Kier alpha value is -1.59. The maximum absolute atomic E-state index is 11.8. The van der Waals surface area contributed by atoms with Crippen LogP contribution >= 0.6 is 0 Å². The van der Waals surface area contributed by atoms with Crippen LogP contribution in [0.3, 0.4) is 0 Å². The van der Waals surface area contributed by atoms with Crippen LogP contribution < -0.4 is 5.32 Å². The second-order valence-corrected chi connectivity index (χ2v) is 6.30. The summed E-state index contributed by atoms with van der Waals surface area (Å²) in [7, 11) is 0. The van der Waals surface area contributed by atoms with Crippen LogP contribution in [0.1, 0.15) is 52.9 Å². The number of nitrogens with zero attached hydrogens (tertiary/aromatic N) is 1. The van der Waals surface area contributed by atoms with Gasteiger partial charge in [0.05, 0.1) is 13.0 Å². The van der Waals surface area contributed by atoms with E-state index in [0.717, 1.165) is 32.4 Å². The maximum atomic E-state index is 11.8. The zero-order valence-corrected chi connectivity index (χ0v) is 13.2. The lowest BCUT2D eigenvalue weighted by atomic mass is 10.1. The van der Waals surface area contributed by atoms with Gasteiger partial charge in [-0.3, -0.25) is 14.4 Å². The van der Waals surface area contributed by atoms with Gasteiger partial charge in [0.1, 0.15) is 5.60 Å². The minimum Gasteiger partial charge on any atom is -0.460 e. The van der Waals surface area contributed by atoms with E-state index in [0.29, 0.717) is 0 Å². The second-order valence-electron chi connectivity index (χ2n) is 6.30. The van der Waals surface area contributed by atoms with E-state index in [2.05, 4.69) is 5.32 Å². The van der Waals surface area contributed by atoms with Gasteiger partial charge in [-0.25, -0.2) is 0 Å². The molecule has 0 unspecified atom stereocenters. The first kappa shape index (κ1) is 17.5. The Morgan fingerprint density at radius 3 is 2.24 bits per heavy atom. The van der Waals surface area contributed by atoms with Crippen LogP contribution in [0.15, 0.2) is 0 Å². The Balaban J connectivity index is 2.18. The van der Waals surface area contributed by atoms with Crippen molar-refractivity contribution in [3.8, 4) is 0 Å². The van der Waals surface area contributed by atoms with Gasteiger partial charge in [0.25, 0.3) is 0 Å². The van der Waals surface area contributed by atoms with Crippen molar-refractivity contribution >= 4 is 17.8 Å². The summed E-state index contributed by atoms with van der Waals surface area (Å²) < 4.78 is 5.11. The number of esters is 1. The Morgan fingerprint density at radius 2 is 1.67 bits per heavy atom. The molecule has 0 spiro atoms. The predicted octanol–water partition coefficient (Wildman–Crippen LogP) is 1.24. The van der Waals surface area contributed by atoms with Crippen LogP contribution in [0.5, 0.6) is 0 Å². The van der Waals surface area contributed by atoms with Gasteiger partial charge in [-0.15, -0.1) is 0 Å². The number of hydrogen-bond acceptors (Lipinski definition) is 4. The summed E-state index contributed by atoms with van der Waals surface area (Å²) in [6.45, 7) is 6.89. The summed E-state index contributed by atoms with van der Waals surface area (Å²) in [4.78, 5) is 36.7. The van der Waals surface area contributed by atoms with E-state index in [1.807, 2.05) is 0 Å². The lowest BCUT2D eigenvalue weighted by Crippen LogP contribution is -2.42. The highest BCUT2D eigenvalue weighted by atomic mass is 16.6. The van der Waals surface area contributed by atoms with Gasteiger partial charge < -0.3 is 15.0 Å². The van der Waals surface area contributed by atoms with Crippen molar-refractivity contribution in [2.45, 2.75) is 58.5 Å². The van der Waals surface area contributed by atoms with Gasteiger partial charge in [-0.1, -0.05) is 0 Å². The summed E-state index contributed by atoms with van der Waals surface area (Å²) in [5.41, 5.74) is -0.544. The fourth-order valence-electron chi connectivity index (χ4n) is 2.13. The number of carbonyl (C=O) groups is 3. The van der Waals surface area contributed by atoms with Crippen molar-refractivity contribution in [1.29, 1.82) is 0 Å². The minimum atomic E-state index is -0.544. The third-order valence-corrected chi connectivity index (χ3v) is 3.12. The van der Waals surface area contributed by atoms with E-state index in [9.17, 15) is 14.4 Å². The van der Waals surface area contributed by atoms with E-state index in [-0.39, 0.29) is 31.2 Å². The number of piperidine rings is 1. The molecule has 1 saturated heterocycles. The summed E-state index contributed by atoms with van der Waals surface area (Å²) in [5, 5.41) is 2.56. The van der Waals surface area contributed by atoms with Crippen LogP contribution in [-0.2, 0) is 19.1 Å². The fraction of sp³-hybridized carbons (Fsp3) is 0.800. The lowest BCUT2D eigenvalue weighted by molar-refractivity contribution is -0.155. The first-order valence-electron chi connectivity index (χ1n) is 7.54. The first-order chi connectivity index (χ1) is 9.78. The SMILES string of the molecule is CC(C)(C)OC(=O)CCC(=O)NCC(=O)N1CCCCC1. The average Bonchev–Trinajstić information content (AvgIpc) is 2.41. The molecule has 0 radical (unpaired) electrons. The Kier molecular flexibility index (Phi) is 6.65. The zero-order chi connectivity index (χ0) is 15.9. The zero-order valence-electron chi connectivity index (χ0n) is 13.2. The molecule has 0 aromatic heterocycles. The molecule has 1 aliphatic heterocycles. The molecule has 1 rings (SSSR count). The number of amides is 2. The van der Waals surface area contributed by atoms with Crippen molar-refractivity contribution in [1.82, 2.24) is 10.2 Å². The topological polar surface area (TPSA) is 75.7 Å². The lowest BCUT2D eigenvalue weighted by Gasteiger charge is -2.26. The number of carbonyl (C=O) groups excluding carboxylic acids is 3. The monoisotopic (exact) mass is 298 g/mol. The first-order valence-corrected chi connectivity index (χ1v) is 7.54. The van der Waals surface area contributed by atoms with Crippen LogP contribution in [-0.4, -0.2) is 47.9 Å². The molecule has 120 valence electrons. The van der Waals surface area contributed by atoms with Crippen molar-refractivity contribution in [3.05, 3.63) is 0 Å². The molecular formula is C15H26N2O4. The second kappa shape index (κ2) is 8.00. The number of nitrogens with one attached hydrogen (secondary N) is 1. The quantitative estimate of drug-likeness (QED) is 0.775. The molecule has 1 fully saturated rings. The Labute approximate surface area is 126 Å². The van der Waals surface area contributed by atoms with Gasteiger partial charge in [0.15, 0.2) is 0 Å². The Bertz CT molecular complexity index is 382. The molecule has 21 heavy (non-hydrogen) atoms. The number of hydrogen-bond donors (Lipinski definition) is 1. The fourth-order valence-corrected chi connectivity index (χ4v) is 2.13. The van der Waals surface area contributed by atoms with Gasteiger partial charge in [0.2, 0.25) is 11.8 Å². The Morgan fingerprint density at radius 1 is 1.05 bits per heavy atom. The van der Waals surface area contributed by atoms with Crippen LogP contribution in [0.2, 0.25) is 0 Å². The van der Waals surface area contributed by atoms with Crippen molar-refractivity contribution < 1.29 is 19.1 Å². The highest BCUT2D eigenvalue weighted by Gasteiger charge is 2.19. The maximum Gasteiger partial charge on any atom is 0.306 e. The molecule has 0 aromatic rings. The van der Waals surface area contributed by atoms with Crippen LogP contribution in [0.4, 0.5) is 0 Å². The molecule has 1 aliphatic rings. The van der Waals surface area contributed by atoms with Crippen molar-refractivity contribution in [3.63, 3.8) is 0 Å². The van der Waals surface area contributed by atoms with E-state index in [4.69, 9.17) is 4.74 Å². The molecule has 0 atom stereocenters. The number of ether oxygens (including phenoxy) is 1. The van der Waals surface area contributed by atoms with Gasteiger partial charge in [-0.05, 0) is 40.0 Å². The predicted molar refractivity (Wildman–Crippen MR) is 78.5 cm³/mol. The summed E-state index contributed by atoms with van der Waals surface area (Å²) >= 11 is 0. The molecule has 0 aromatic carbocycles. The third-order valence-electron chi connectivity index (χ3n) is 3.12. The smallest absolute Gasteiger partial charge is 0.306 e. The van der Waals surface area contributed by atoms with Crippen LogP contribution in [0.25, 0.3) is 0 Å². The highest BCUT2D eigenvalue weighted by molar-refractivity contribution is 5.86. The van der Waals surface area contributed by atoms with Gasteiger partial charge in [-0.2, -0.15) is 0 Å². The molecule has 0 aliphatic carbocycles. The van der Waals surface area contributed by atoms with E-state index in [1.165, 1.54) is 0 Å². The average molecular weight is 298 g/mol. The summed E-state index contributed by atoms with van der Waals surface area (Å²) in [6, 6.07) is 0. The molecule has 6 heteroatoms. The molecule has 2 amide bonds. The van der Waals surface area contributed by atoms with E-state index < -0.39 is 11.6 Å². The van der Waals surface area contributed by atoms with Gasteiger partial charge >= 0.3 is 5.97 Å². The molecular weight excluding hydrogens is 272 g/mol.